The van der Waals surface area contributed by atoms with Gasteiger partial charge in [0.25, 0.3) is 0 Å². The summed E-state index contributed by atoms with van der Waals surface area (Å²) in [5.41, 5.74) is 0. The lowest BCUT2D eigenvalue weighted by molar-refractivity contribution is -0.0680. The zero-order chi connectivity index (χ0) is 14.8. The lowest BCUT2D eigenvalue weighted by Crippen LogP contribution is -2.26. The van der Waals surface area contributed by atoms with Crippen LogP contribution in [0.25, 0.3) is 0 Å². The van der Waals surface area contributed by atoms with Gasteiger partial charge in [0.2, 0.25) is 0 Å². The summed E-state index contributed by atoms with van der Waals surface area (Å²) in [5.74, 6) is 1.40. The maximum absolute atomic E-state index is 5.63. The van der Waals surface area contributed by atoms with Crippen LogP contribution in [0.3, 0.4) is 0 Å². The highest BCUT2D eigenvalue weighted by molar-refractivity contribution is 4.75. The summed E-state index contributed by atoms with van der Waals surface area (Å²) in [6.45, 7) is 18.5. The predicted octanol–water partition coefficient (Wildman–Crippen LogP) is 3.29. The van der Waals surface area contributed by atoms with E-state index in [1.165, 1.54) is 0 Å². The van der Waals surface area contributed by atoms with Crippen LogP contribution in [0.1, 0.15) is 34.6 Å². The van der Waals surface area contributed by atoms with Crippen molar-refractivity contribution in [3.8, 4) is 0 Å². The van der Waals surface area contributed by atoms with E-state index in [0.29, 0.717) is 31.3 Å². The van der Waals surface area contributed by atoms with Gasteiger partial charge in [0.15, 0.2) is 0 Å². The molecule has 0 fully saturated rings. The maximum atomic E-state index is 5.63. The van der Waals surface area contributed by atoms with E-state index in [0.717, 1.165) is 0 Å². The van der Waals surface area contributed by atoms with Crippen molar-refractivity contribution in [2.24, 2.45) is 0 Å². The number of hydrogen-bond acceptors (Lipinski definition) is 4. The highest BCUT2D eigenvalue weighted by atomic mass is 16.6. The van der Waals surface area contributed by atoms with Crippen LogP contribution in [0.4, 0.5) is 0 Å². The number of ether oxygens (including phenoxy) is 4. The van der Waals surface area contributed by atoms with Crippen LogP contribution in [-0.4, -0.2) is 38.1 Å². The van der Waals surface area contributed by atoms with Gasteiger partial charge in [0.1, 0.15) is 12.7 Å². The molecule has 0 aromatic heterocycles. The Bertz CT molecular complexity index is 275. The van der Waals surface area contributed by atoms with Crippen molar-refractivity contribution in [1.29, 1.82) is 0 Å². The van der Waals surface area contributed by atoms with E-state index in [-0.39, 0.29) is 18.3 Å². The van der Waals surface area contributed by atoms with E-state index in [2.05, 4.69) is 13.2 Å². The Kier molecular flexibility index (Phi) is 9.35. The van der Waals surface area contributed by atoms with E-state index in [1.807, 2.05) is 34.6 Å². The molecule has 3 unspecified atom stereocenters. The van der Waals surface area contributed by atoms with E-state index in [9.17, 15) is 0 Å². The molecule has 3 atom stereocenters. The van der Waals surface area contributed by atoms with Crippen molar-refractivity contribution in [3.05, 3.63) is 24.7 Å². The van der Waals surface area contributed by atoms with Crippen molar-refractivity contribution in [1.82, 2.24) is 0 Å². The van der Waals surface area contributed by atoms with Crippen molar-refractivity contribution in [2.75, 3.05) is 19.8 Å². The van der Waals surface area contributed by atoms with Gasteiger partial charge in [0.05, 0.1) is 36.9 Å². The van der Waals surface area contributed by atoms with Gasteiger partial charge in [-0.05, 0) is 34.6 Å². The van der Waals surface area contributed by atoms with Crippen molar-refractivity contribution >= 4 is 0 Å². The second-order valence-corrected chi connectivity index (χ2v) is 4.93. The smallest absolute Gasteiger partial charge is 0.119 e. The van der Waals surface area contributed by atoms with E-state index in [4.69, 9.17) is 18.9 Å². The van der Waals surface area contributed by atoms with Gasteiger partial charge < -0.3 is 18.9 Å². The normalized spacial score (nSPS) is 15.4. The molecule has 0 aromatic carbocycles. The summed E-state index contributed by atoms with van der Waals surface area (Å²) in [5, 5.41) is 0. The molecule has 19 heavy (non-hydrogen) atoms. The molecule has 112 valence electrons. The van der Waals surface area contributed by atoms with Crippen LogP contribution in [0.2, 0.25) is 0 Å². The third-order valence-corrected chi connectivity index (χ3v) is 2.20. The van der Waals surface area contributed by atoms with Crippen LogP contribution >= 0.6 is 0 Å². The van der Waals surface area contributed by atoms with Gasteiger partial charge in [0, 0.05) is 0 Å². The summed E-state index contributed by atoms with van der Waals surface area (Å²) in [6.07, 6.45) is 0.0411. The Morgan fingerprint density at radius 1 is 0.789 bits per heavy atom. The Balaban J connectivity index is 3.65. The average molecular weight is 272 g/mol. The topological polar surface area (TPSA) is 36.9 Å². The molecule has 0 N–H and O–H groups in total. The molecular formula is C15H28O4. The fourth-order valence-corrected chi connectivity index (χ4v) is 1.33. The summed E-state index contributed by atoms with van der Waals surface area (Å²) in [6, 6.07) is 0. The minimum absolute atomic E-state index is 0.00382. The van der Waals surface area contributed by atoms with Crippen molar-refractivity contribution in [3.63, 3.8) is 0 Å². The molecule has 4 nitrogen and oxygen atoms in total. The Morgan fingerprint density at radius 3 is 1.74 bits per heavy atom. The minimum atomic E-state index is 0.00382. The van der Waals surface area contributed by atoms with E-state index >= 15 is 0 Å². The third kappa shape index (κ3) is 11.8. The van der Waals surface area contributed by atoms with Crippen LogP contribution < -0.4 is 0 Å². The lowest BCUT2D eigenvalue weighted by atomic mass is 10.4. The zero-order valence-electron chi connectivity index (χ0n) is 12.9. The first-order valence-corrected chi connectivity index (χ1v) is 6.65. The third-order valence-electron chi connectivity index (χ3n) is 2.20. The first kappa shape index (κ1) is 18.0. The molecule has 0 aliphatic rings. The predicted molar refractivity (Wildman–Crippen MR) is 77.0 cm³/mol. The minimum Gasteiger partial charge on any atom is -0.496 e. The van der Waals surface area contributed by atoms with Crippen LogP contribution in [0.15, 0.2) is 24.7 Å². The fraction of sp³-hybridized carbons (Fsp3) is 0.733. The van der Waals surface area contributed by atoms with Gasteiger partial charge in [-0.3, -0.25) is 0 Å². The standard InChI is InChI=1S/C15H28O4/c1-11(2)16-8-13(5)17-9-14(6)18-10-15(7)19-12(3)4/h13-15H,1,3,8-10H2,2,4-7H3. The average Bonchev–Trinajstić information content (AvgIpc) is 2.30. The van der Waals surface area contributed by atoms with Gasteiger partial charge >= 0.3 is 0 Å². The molecule has 0 amide bonds. The molecule has 0 saturated carbocycles. The Hall–Kier alpha value is -1.00. The van der Waals surface area contributed by atoms with Crippen LogP contribution in [0, 0.1) is 0 Å². The molecule has 0 aliphatic carbocycles. The largest absolute Gasteiger partial charge is 0.496 e. The Morgan fingerprint density at radius 2 is 1.26 bits per heavy atom. The molecule has 0 aromatic rings. The van der Waals surface area contributed by atoms with E-state index in [1.54, 1.807) is 0 Å². The highest BCUT2D eigenvalue weighted by Gasteiger charge is 2.10. The molecule has 0 spiro atoms. The van der Waals surface area contributed by atoms with Gasteiger partial charge in [-0.2, -0.15) is 0 Å². The molecule has 0 rings (SSSR count). The highest BCUT2D eigenvalue weighted by Crippen LogP contribution is 2.04. The SMILES string of the molecule is C=C(C)OCC(C)OCC(C)OCC(C)OC(=C)C. The molecule has 0 radical (unpaired) electrons. The molecule has 0 heterocycles. The second-order valence-electron chi connectivity index (χ2n) is 4.93. The maximum Gasteiger partial charge on any atom is 0.119 e. The second kappa shape index (κ2) is 9.87. The van der Waals surface area contributed by atoms with Crippen molar-refractivity contribution < 1.29 is 18.9 Å². The molecule has 0 saturated heterocycles. The quantitative estimate of drug-likeness (QED) is 0.541. The summed E-state index contributed by atoms with van der Waals surface area (Å²) >= 11 is 0. The first-order chi connectivity index (χ1) is 8.81. The summed E-state index contributed by atoms with van der Waals surface area (Å²) in [7, 11) is 0. The molecular weight excluding hydrogens is 244 g/mol. The fourth-order valence-electron chi connectivity index (χ4n) is 1.33. The molecule has 4 heteroatoms. The first-order valence-electron chi connectivity index (χ1n) is 6.65. The molecule has 0 aliphatic heterocycles. The van der Waals surface area contributed by atoms with Gasteiger partial charge in [-0.1, -0.05) is 13.2 Å². The van der Waals surface area contributed by atoms with Gasteiger partial charge in [-0.25, -0.2) is 0 Å². The monoisotopic (exact) mass is 272 g/mol. The van der Waals surface area contributed by atoms with Gasteiger partial charge in [-0.15, -0.1) is 0 Å². The number of allylic oxidation sites excluding steroid dienone is 2. The lowest BCUT2D eigenvalue weighted by Gasteiger charge is -2.20. The zero-order valence-corrected chi connectivity index (χ0v) is 12.9. The van der Waals surface area contributed by atoms with Crippen LogP contribution in [0.5, 0.6) is 0 Å². The number of rotatable bonds is 11. The van der Waals surface area contributed by atoms with Crippen LogP contribution in [-0.2, 0) is 18.9 Å². The van der Waals surface area contributed by atoms with E-state index < -0.39 is 0 Å². The Labute approximate surface area is 117 Å². The summed E-state index contributed by atoms with van der Waals surface area (Å²) < 4.78 is 21.9. The molecule has 0 bridgehead atoms. The summed E-state index contributed by atoms with van der Waals surface area (Å²) in [4.78, 5) is 0. The number of hydrogen-bond donors (Lipinski definition) is 0. The van der Waals surface area contributed by atoms with Crippen molar-refractivity contribution in [2.45, 2.75) is 52.9 Å².